The van der Waals surface area contributed by atoms with Gasteiger partial charge in [-0.15, -0.1) is 0 Å². The molecular weight excluding hydrogens is 188 g/mol. The van der Waals surface area contributed by atoms with E-state index < -0.39 is 6.10 Å². The van der Waals surface area contributed by atoms with Crippen LogP contribution in [-0.4, -0.2) is 23.5 Å². The zero-order valence-corrected chi connectivity index (χ0v) is 8.64. The first-order chi connectivity index (χ1) is 6.13. The SMILES string of the molecule is COC(C)C(=O)Nc1cc(C)ns1. The zero-order chi connectivity index (χ0) is 9.84. The fourth-order valence-electron chi connectivity index (χ4n) is 0.753. The summed E-state index contributed by atoms with van der Waals surface area (Å²) in [6.45, 7) is 3.58. The molecule has 0 aromatic carbocycles. The second-order valence-corrected chi connectivity index (χ2v) is 3.50. The quantitative estimate of drug-likeness (QED) is 0.803. The first-order valence-corrected chi connectivity index (χ1v) is 4.68. The van der Waals surface area contributed by atoms with Crippen LogP contribution in [0.15, 0.2) is 6.07 Å². The van der Waals surface area contributed by atoms with Gasteiger partial charge in [0.15, 0.2) is 0 Å². The van der Waals surface area contributed by atoms with Crippen LogP contribution in [0.5, 0.6) is 0 Å². The molecule has 1 aromatic heterocycles. The van der Waals surface area contributed by atoms with Crippen LogP contribution in [0.4, 0.5) is 5.00 Å². The minimum absolute atomic E-state index is 0.147. The molecule has 0 aliphatic carbocycles. The van der Waals surface area contributed by atoms with Crippen molar-refractivity contribution in [2.45, 2.75) is 20.0 Å². The summed E-state index contributed by atoms with van der Waals surface area (Å²) in [6.07, 6.45) is -0.428. The highest BCUT2D eigenvalue weighted by molar-refractivity contribution is 7.10. The summed E-state index contributed by atoms with van der Waals surface area (Å²) in [5.74, 6) is -0.147. The van der Waals surface area contributed by atoms with Gasteiger partial charge in [0.25, 0.3) is 5.91 Å². The molecule has 0 saturated carbocycles. The van der Waals surface area contributed by atoms with Gasteiger partial charge in [-0.05, 0) is 31.4 Å². The predicted molar refractivity (Wildman–Crippen MR) is 52.0 cm³/mol. The fraction of sp³-hybridized carbons (Fsp3) is 0.500. The van der Waals surface area contributed by atoms with Gasteiger partial charge in [0, 0.05) is 7.11 Å². The second-order valence-electron chi connectivity index (χ2n) is 2.70. The van der Waals surface area contributed by atoms with Gasteiger partial charge in [-0.2, -0.15) is 4.37 Å². The first kappa shape index (κ1) is 10.1. The Kier molecular flexibility index (Phi) is 3.39. The van der Waals surface area contributed by atoms with Crippen LogP contribution in [0, 0.1) is 6.92 Å². The molecule has 0 radical (unpaired) electrons. The van der Waals surface area contributed by atoms with E-state index in [1.54, 1.807) is 6.92 Å². The Hall–Kier alpha value is -0.940. The van der Waals surface area contributed by atoms with Crippen molar-refractivity contribution in [3.63, 3.8) is 0 Å². The van der Waals surface area contributed by atoms with Crippen LogP contribution in [0.3, 0.4) is 0 Å². The predicted octanol–water partition coefficient (Wildman–Crippen LogP) is 1.42. The number of ether oxygens (including phenoxy) is 1. The molecule has 0 fully saturated rings. The lowest BCUT2D eigenvalue weighted by atomic mass is 10.4. The van der Waals surface area contributed by atoms with E-state index in [4.69, 9.17) is 4.74 Å². The van der Waals surface area contributed by atoms with Gasteiger partial charge >= 0.3 is 0 Å². The molecule has 1 unspecified atom stereocenters. The number of anilines is 1. The number of amides is 1. The molecule has 1 rings (SSSR count). The maximum absolute atomic E-state index is 11.3. The summed E-state index contributed by atoms with van der Waals surface area (Å²) in [5, 5.41) is 3.46. The smallest absolute Gasteiger partial charge is 0.253 e. The summed E-state index contributed by atoms with van der Waals surface area (Å²) in [4.78, 5) is 11.3. The van der Waals surface area contributed by atoms with Crippen molar-refractivity contribution in [1.29, 1.82) is 0 Å². The third-order valence-corrected chi connectivity index (χ3v) is 2.39. The molecule has 1 atom stereocenters. The monoisotopic (exact) mass is 200 g/mol. The molecule has 13 heavy (non-hydrogen) atoms. The van der Waals surface area contributed by atoms with Gasteiger partial charge in [0.1, 0.15) is 11.1 Å². The lowest BCUT2D eigenvalue weighted by Gasteiger charge is -2.07. The van der Waals surface area contributed by atoms with E-state index in [0.29, 0.717) is 0 Å². The number of methoxy groups -OCH3 is 1. The van der Waals surface area contributed by atoms with Crippen molar-refractivity contribution in [2.24, 2.45) is 0 Å². The molecule has 0 saturated heterocycles. The maximum Gasteiger partial charge on any atom is 0.253 e. The van der Waals surface area contributed by atoms with Gasteiger partial charge in [-0.25, -0.2) is 0 Å². The largest absolute Gasteiger partial charge is 0.372 e. The van der Waals surface area contributed by atoms with E-state index >= 15 is 0 Å². The number of hydrogen-bond donors (Lipinski definition) is 1. The molecule has 1 N–H and O–H groups in total. The number of hydrogen-bond acceptors (Lipinski definition) is 4. The molecule has 4 nitrogen and oxygen atoms in total. The van der Waals surface area contributed by atoms with Crippen LogP contribution < -0.4 is 5.32 Å². The molecule has 0 aliphatic heterocycles. The highest BCUT2D eigenvalue weighted by Crippen LogP contribution is 2.15. The fourth-order valence-corrected chi connectivity index (χ4v) is 1.42. The normalized spacial score (nSPS) is 12.5. The molecule has 1 amide bonds. The third kappa shape index (κ3) is 2.78. The Morgan fingerprint density at radius 2 is 2.46 bits per heavy atom. The van der Waals surface area contributed by atoms with Crippen molar-refractivity contribution < 1.29 is 9.53 Å². The summed E-state index contributed by atoms with van der Waals surface area (Å²) < 4.78 is 8.90. The summed E-state index contributed by atoms with van der Waals surface area (Å²) in [7, 11) is 1.50. The summed E-state index contributed by atoms with van der Waals surface area (Å²) >= 11 is 1.27. The summed E-state index contributed by atoms with van der Waals surface area (Å²) in [6, 6.07) is 1.82. The Balaban J connectivity index is 2.54. The lowest BCUT2D eigenvalue weighted by molar-refractivity contribution is -0.124. The van der Waals surface area contributed by atoms with Crippen LogP contribution in [0.25, 0.3) is 0 Å². The van der Waals surface area contributed by atoms with Crippen LogP contribution in [-0.2, 0) is 9.53 Å². The molecule has 0 spiro atoms. The van der Waals surface area contributed by atoms with Crippen LogP contribution in [0.2, 0.25) is 0 Å². The Bertz CT molecular complexity index is 298. The third-order valence-electron chi connectivity index (χ3n) is 1.60. The van der Waals surface area contributed by atoms with Crippen molar-refractivity contribution in [2.75, 3.05) is 12.4 Å². The van der Waals surface area contributed by atoms with Crippen molar-refractivity contribution >= 4 is 22.4 Å². The number of carbonyl (C=O) groups is 1. The first-order valence-electron chi connectivity index (χ1n) is 3.90. The number of nitrogens with one attached hydrogen (secondary N) is 1. The maximum atomic E-state index is 11.3. The number of aromatic nitrogens is 1. The van der Waals surface area contributed by atoms with E-state index in [-0.39, 0.29) is 5.91 Å². The van der Waals surface area contributed by atoms with Crippen LogP contribution >= 0.6 is 11.5 Å². The number of aryl methyl sites for hydroxylation is 1. The molecule has 1 aromatic rings. The Morgan fingerprint density at radius 3 is 2.92 bits per heavy atom. The Morgan fingerprint density at radius 1 is 1.77 bits per heavy atom. The standard InChI is InChI=1S/C8H12N2O2S/c1-5-4-7(13-10-5)9-8(11)6(2)12-3/h4,6H,1-3H3,(H,9,11). The van der Waals surface area contributed by atoms with E-state index in [0.717, 1.165) is 10.7 Å². The molecule has 0 bridgehead atoms. The van der Waals surface area contributed by atoms with Gasteiger partial charge in [0.2, 0.25) is 0 Å². The highest BCUT2D eigenvalue weighted by Gasteiger charge is 2.12. The molecule has 5 heteroatoms. The topological polar surface area (TPSA) is 51.2 Å². The number of nitrogens with zero attached hydrogens (tertiary/aromatic N) is 1. The van der Waals surface area contributed by atoms with E-state index in [1.165, 1.54) is 18.6 Å². The second kappa shape index (κ2) is 4.34. The van der Waals surface area contributed by atoms with Crippen molar-refractivity contribution in [3.8, 4) is 0 Å². The average molecular weight is 200 g/mol. The van der Waals surface area contributed by atoms with Crippen molar-refractivity contribution in [1.82, 2.24) is 4.37 Å². The van der Waals surface area contributed by atoms with Gasteiger partial charge in [-0.1, -0.05) is 0 Å². The molecular formula is C8H12N2O2S. The molecule has 1 heterocycles. The van der Waals surface area contributed by atoms with E-state index in [1.807, 2.05) is 13.0 Å². The highest BCUT2D eigenvalue weighted by atomic mass is 32.1. The van der Waals surface area contributed by atoms with Gasteiger partial charge in [0.05, 0.1) is 5.69 Å². The lowest BCUT2D eigenvalue weighted by Crippen LogP contribution is -2.26. The number of rotatable bonds is 3. The molecule has 0 aliphatic rings. The number of carbonyl (C=O) groups excluding carboxylic acids is 1. The average Bonchev–Trinajstić information content (AvgIpc) is 2.49. The minimum Gasteiger partial charge on any atom is -0.372 e. The van der Waals surface area contributed by atoms with Crippen LogP contribution in [0.1, 0.15) is 12.6 Å². The minimum atomic E-state index is -0.428. The van der Waals surface area contributed by atoms with Gasteiger partial charge < -0.3 is 10.1 Å². The van der Waals surface area contributed by atoms with E-state index in [2.05, 4.69) is 9.69 Å². The zero-order valence-electron chi connectivity index (χ0n) is 7.83. The van der Waals surface area contributed by atoms with Crippen molar-refractivity contribution in [3.05, 3.63) is 11.8 Å². The summed E-state index contributed by atoms with van der Waals surface area (Å²) in [5.41, 5.74) is 0.908. The Labute approximate surface area is 81.1 Å². The molecule has 72 valence electrons. The van der Waals surface area contributed by atoms with Gasteiger partial charge in [-0.3, -0.25) is 4.79 Å². The van der Waals surface area contributed by atoms with E-state index in [9.17, 15) is 4.79 Å².